The Bertz CT molecular complexity index is 640. The van der Waals surface area contributed by atoms with E-state index in [1.54, 1.807) is 12.1 Å². The summed E-state index contributed by atoms with van der Waals surface area (Å²) in [7, 11) is -4.52. The quantitative estimate of drug-likeness (QED) is 0.233. The van der Waals surface area contributed by atoms with Crippen molar-refractivity contribution in [1.82, 2.24) is 0 Å². The molecular weight excluding hydrogens is 407 g/mol. The number of phosphoric ester groups is 1. The van der Waals surface area contributed by atoms with Crippen LogP contribution in [0.2, 0.25) is 0 Å². The Morgan fingerprint density at radius 3 is 1.68 bits per heavy atom. The average Bonchev–Trinajstić information content (AvgIpc) is 2.66. The molecule has 1 unspecified atom stereocenters. The zero-order chi connectivity index (χ0) is 23.3. The number of para-hydroxylation sites is 1. The van der Waals surface area contributed by atoms with Crippen molar-refractivity contribution >= 4 is 7.82 Å². The fourth-order valence-electron chi connectivity index (χ4n) is 4.27. The summed E-state index contributed by atoms with van der Waals surface area (Å²) in [4.78, 5) is 18.2. The van der Waals surface area contributed by atoms with Crippen molar-refractivity contribution in [3.05, 3.63) is 29.8 Å². The summed E-state index contributed by atoms with van der Waals surface area (Å²) < 4.78 is 16.0. The molecule has 2 N–H and O–H groups in total. The molecule has 0 aromatic heterocycles. The van der Waals surface area contributed by atoms with Gasteiger partial charge in [0.05, 0.1) is 0 Å². The van der Waals surface area contributed by atoms with Crippen LogP contribution in [-0.4, -0.2) is 9.79 Å². The maximum absolute atomic E-state index is 11.2. The summed E-state index contributed by atoms with van der Waals surface area (Å²) in [5.74, 6) is 3.39. The number of hydrogen-bond donors (Lipinski definition) is 2. The molecule has 0 aliphatic rings. The van der Waals surface area contributed by atoms with Crippen molar-refractivity contribution in [2.24, 2.45) is 23.7 Å². The first kappa shape index (κ1) is 28.2. The molecule has 0 saturated heterocycles. The Morgan fingerprint density at radius 2 is 1.19 bits per heavy atom. The molecule has 0 saturated carbocycles. The smallest absolute Gasteiger partial charge is 0.404 e. The van der Waals surface area contributed by atoms with E-state index in [9.17, 15) is 4.57 Å². The van der Waals surface area contributed by atoms with Gasteiger partial charge in [0.1, 0.15) is 5.75 Å². The van der Waals surface area contributed by atoms with Crippen molar-refractivity contribution in [1.29, 1.82) is 0 Å². The topological polar surface area (TPSA) is 66.8 Å². The van der Waals surface area contributed by atoms with E-state index in [4.69, 9.17) is 14.3 Å². The van der Waals surface area contributed by atoms with Crippen LogP contribution in [0.4, 0.5) is 0 Å². The van der Waals surface area contributed by atoms with E-state index in [0.717, 1.165) is 36.2 Å². The van der Waals surface area contributed by atoms with Crippen LogP contribution in [0.25, 0.3) is 0 Å². The van der Waals surface area contributed by atoms with Crippen molar-refractivity contribution < 1.29 is 18.9 Å². The molecule has 5 heteroatoms. The maximum Gasteiger partial charge on any atom is 0.524 e. The summed E-state index contributed by atoms with van der Waals surface area (Å²) in [6, 6.07) is 7.15. The zero-order valence-electron chi connectivity index (χ0n) is 20.6. The van der Waals surface area contributed by atoms with Gasteiger partial charge in [-0.2, -0.15) is 0 Å². The highest BCUT2D eigenvalue weighted by atomic mass is 31.2. The van der Waals surface area contributed by atoms with Crippen molar-refractivity contribution in [2.45, 2.75) is 105 Å². The number of phosphoric acid groups is 1. The van der Waals surface area contributed by atoms with Crippen LogP contribution >= 0.6 is 7.82 Å². The molecule has 0 aliphatic heterocycles. The van der Waals surface area contributed by atoms with Crippen molar-refractivity contribution in [2.75, 3.05) is 0 Å². The Kier molecular flexibility index (Phi) is 13.7. The van der Waals surface area contributed by atoms with Crippen LogP contribution in [0.15, 0.2) is 24.3 Å². The van der Waals surface area contributed by atoms with Gasteiger partial charge >= 0.3 is 7.82 Å². The number of benzene rings is 1. The molecule has 0 bridgehead atoms. The molecule has 1 rings (SSSR count). The molecule has 0 radical (unpaired) electrons. The molecule has 4 nitrogen and oxygen atoms in total. The van der Waals surface area contributed by atoms with E-state index in [1.807, 2.05) is 12.1 Å². The van der Waals surface area contributed by atoms with Gasteiger partial charge in [-0.3, -0.25) is 9.79 Å². The monoisotopic (exact) mass is 454 g/mol. The first-order chi connectivity index (χ1) is 14.6. The van der Waals surface area contributed by atoms with Gasteiger partial charge in [0.2, 0.25) is 0 Å². The zero-order valence-corrected chi connectivity index (χ0v) is 21.4. The number of hydrogen-bond acceptors (Lipinski definition) is 2. The minimum absolute atomic E-state index is 0.301. The Balaban J connectivity index is 2.19. The molecule has 0 fully saturated rings. The lowest BCUT2D eigenvalue weighted by Gasteiger charge is -2.17. The lowest BCUT2D eigenvalue weighted by Crippen LogP contribution is -2.03. The standard InChI is InChI=1S/C26H47O4P/c1-21(2)11-8-12-22(3)13-9-14-23(4)15-10-16-24(5)19-20-25-17-6-7-18-26(25)30-31(27,28)29/h6-7,17-18,21-24H,8-16,19-20H2,1-5H3,(H2,27,28,29)/t22-,23-,24?/m1/s1. The lowest BCUT2D eigenvalue weighted by molar-refractivity contribution is 0.282. The van der Waals surface area contributed by atoms with E-state index in [2.05, 4.69) is 34.6 Å². The third kappa shape index (κ3) is 14.8. The van der Waals surface area contributed by atoms with Gasteiger partial charge in [-0.25, -0.2) is 4.57 Å². The van der Waals surface area contributed by atoms with Gasteiger partial charge in [-0.15, -0.1) is 0 Å². The average molecular weight is 455 g/mol. The number of rotatable bonds is 17. The predicted octanol–water partition coefficient (Wildman–Crippen LogP) is 8.17. The largest absolute Gasteiger partial charge is 0.524 e. The Hall–Kier alpha value is -0.830. The van der Waals surface area contributed by atoms with E-state index in [-0.39, 0.29) is 0 Å². The summed E-state index contributed by atoms with van der Waals surface area (Å²) in [6.07, 6.45) is 13.7. The summed E-state index contributed by atoms with van der Waals surface area (Å²) in [6.45, 7) is 11.7. The normalized spacial score (nSPS) is 15.1. The van der Waals surface area contributed by atoms with Crippen molar-refractivity contribution in [3.63, 3.8) is 0 Å². The highest BCUT2D eigenvalue weighted by Gasteiger charge is 2.18. The van der Waals surface area contributed by atoms with Crippen LogP contribution in [0.5, 0.6) is 5.75 Å². The fraction of sp³-hybridized carbons (Fsp3) is 0.769. The Morgan fingerprint density at radius 1 is 0.742 bits per heavy atom. The molecule has 0 heterocycles. The molecular formula is C26H47O4P. The van der Waals surface area contributed by atoms with E-state index in [0.29, 0.717) is 11.7 Å². The minimum Gasteiger partial charge on any atom is -0.404 e. The van der Waals surface area contributed by atoms with E-state index >= 15 is 0 Å². The van der Waals surface area contributed by atoms with Gasteiger partial charge in [0, 0.05) is 0 Å². The van der Waals surface area contributed by atoms with Crippen molar-refractivity contribution in [3.8, 4) is 5.75 Å². The molecule has 1 aromatic rings. The van der Waals surface area contributed by atoms with Crippen LogP contribution in [0.1, 0.15) is 104 Å². The predicted molar refractivity (Wildman–Crippen MR) is 131 cm³/mol. The third-order valence-corrected chi connectivity index (χ3v) is 6.80. The molecule has 3 atom stereocenters. The van der Waals surface area contributed by atoms with Gasteiger partial charge in [0.25, 0.3) is 0 Å². The second-order valence-electron chi connectivity index (χ2n) is 10.2. The molecule has 180 valence electrons. The highest BCUT2D eigenvalue weighted by Crippen LogP contribution is 2.39. The van der Waals surface area contributed by atoms with E-state index in [1.165, 1.54) is 57.8 Å². The third-order valence-electron chi connectivity index (χ3n) is 6.36. The number of aryl methyl sites for hydroxylation is 1. The summed E-state index contributed by atoms with van der Waals surface area (Å²) >= 11 is 0. The van der Waals surface area contributed by atoms with Gasteiger partial charge in [-0.1, -0.05) is 111 Å². The second-order valence-corrected chi connectivity index (χ2v) is 11.4. The van der Waals surface area contributed by atoms with Crippen LogP contribution < -0.4 is 4.52 Å². The molecule has 1 aromatic carbocycles. The van der Waals surface area contributed by atoms with E-state index < -0.39 is 7.82 Å². The van der Waals surface area contributed by atoms with Crippen LogP contribution in [0.3, 0.4) is 0 Å². The second kappa shape index (κ2) is 15.1. The highest BCUT2D eigenvalue weighted by molar-refractivity contribution is 7.46. The summed E-state index contributed by atoms with van der Waals surface area (Å²) in [5, 5.41) is 0. The first-order valence-electron chi connectivity index (χ1n) is 12.4. The minimum atomic E-state index is -4.52. The molecule has 0 aliphatic carbocycles. The fourth-order valence-corrected chi connectivity index (χ4v) is 4.70. The van der Waals surface area contributed by atoms with Gasteiger partial charge in [0.15, 0.2) is 0 Å². The first-order valence-corrected chi connectivity index (χ1v) is 13.9. The Labute approximate surface area is 191 Å². The molecule has 0 amide bonds. The van der Waals surface area contributed by atoms with Crippen LogP contribution in [-0.2, 0) is 11.0 Å². The van der Waals surface area contributed by atoms with Gasteiger partial charge < -0.3 is 4.52 Å². The van der Waals surface area contributed by atoms with Gasteiger partial charge in [-0.05, 0) is 48.1 Å². The van der Waals surface area contributed by atoms with Crippen LogP contribution in [0, 0.1) is 23.7 Å². The molecule has 31 heavy (non-hydrogen) atoms. The summed E-state index contributed by atoms with van der Waals surface area (Å²) in [5.41, 5.74) is 0.869. The maximum atomic E-state index is 11.2. The lowest BCUT2D eigenvalue weighted by atomic mass is 9.90. The molecule has 0 spiro atoms. The SMILES string of the molecule is CC(C)CCC[C@@H](C)CCC[C@@H](C)CCCC(C)CCc1ccccc1OP(=O)(O)O.